The van der Waals surface area contributed by atoms with Crippen molar-refractivity contribution in [1.29, 1.82) is 0 Å². The lowest BCUT2D eigenvalue weighted by Crippen LogP contribution is -2.12. The Morgan fingerprint density at radius 3 is 2.62 bits per heavy atom. The molecule has 0 saturated carbocycles. The van der Waals surface area contributed by atoms with Crippen LogP contribution in [0.2, 0.25) is 0 Å². The summed E-state index contributed by atoms with van der Waals surface area (Å²) in [5.41, 5.74) is 0.873. The molecule has 2 aromatic carbocycles. The molecular weight excluding hydrogens is 283 g/mol. The number of anilines is 1. The smallest absolute Gasteiger partial charge is 0.387 e. The van der Waals surface area contributed by atoms with E-state index in [9.17, 15) is 18.0 Å². The number of halogens is 3. The van der Waals surface area contributed by atoms with Crippen LogP contribution in [-0.2, 0) is 0 Å². The lowest BCUT2D eigenvalue weighted by atomic mass is 10.2. The summed E-state index contributed by atoms with van der Waals surface area (Å²) in [6, 6.07) is 9.63. The average molecular weight is 295 g/mol. The number of ether oxygens (including phenoxy) is 1. The molecule has 0 atom stereocenters. The number of aryl methyl sites for hydroxylation is 1. The zero-order chi connectivity index (χ0) is 15.4. The molecule has 2 aromatic rings. The highest BCUT2D eigenvalue weighted by Crippen LogP contribution is 2.18. The lowest BCUT2D eigenvalue weighted by Gasteiger charge is -2.08. The van der Waals surface area contributed by atoms with Gasteiger partial charge in [0.1, 0.15) is 11.6 Å². The highest BCUT2D eigenvalue weighted by Gasteiger charge is 2.10. The third-order valence-corrected chi connectivity index (χ3v) is 2.75. The monoisotopic (exact) mass is 295 g/mol. The van der Waals surface area contributed by atoms with Crippen LogP contribution in [-0.4, -0.2) is 12.5 Å². The number of alkyl halides is 2. The van der Waals surface area contributed by atoms with Crippen LogP contribution >= 0.6 is 0 Å². The van der Waals surface area contributed by atoms with E-state index in [4.69, 9.17) is 0 Å². The van der Waals surface area contributed by atoms with Gasteiger partial charge >= 0.3 is 6.61 Å². The van der Waals surface area contributed by atoms with Crippen LogP contribution < -0.4 is 10.1 Å². The Morgan fingerprint density at radius 2 is 1.95 bits per heavy atom. The molecule has 110 valence electrons. The second-order valence-electron chi connectivity index (χ2n) is 4.32. The van der Waals surface area contributed by atoms with Gasteiger partial charge in [0.2, 0.25) is 0 Å². The largest absolute Gasteiger partial charge is 0.435 e. The van der Waals surface area contributed by atoms with E-state index in [1.54, 1.807) is 13.0 Å². The van der Waals surface area contributed by atoms with Crippen LogP contribution in [0.3, 0.4) is 0 Å². The zero-order valence-electron chi connectivity index (χ0n) is 11.1. The van der Waals surface area contributed by atoms with Crippen LogP contribution in [0.5, 0.6) is 5.75 Å². The molecule has 3 nitrogen and oxygen atoms in total. The van der Waals surface area contributed by atoms with E-state index in [0.29, 0.717) is 5.56 Å². The van der Waals surface area contributed by atoms with Gasteiger partial charge in [0.15, 0.2) is 0 Å². The van der Waals surface area contributed by atoms with Crippen molar-refractivity contribution in [2.24, 2.45) is 0 Å². The van der Waals surface area contributed by atoms with E-state index in [1.165, 1.54) is 36.4 Å². The van der Waals surface area contributed by atoms with E-state index >= 15 is 0 Å². The van der Waals surface area contributed by atoms with Gasteiger partial charge < -0.3 is 10.1 Å². The minimum absolute atomic E-state index is 0.118. The number of benzene rings is 2. The molecule has 6 heteroatoms. The van der Waals surface area contributed by atoms with Crippen molar-refractivity contribution in [3.63, 3.8) is 0 Å². The molecule has 0 saturated heterocycles. The van der Waals surface area contributed by atoms with E-state index in [2.05, 4.69) is 10.1 Å². The molecule has 0 heterocycles. The van der Waals surface area contributed by atoms with Gasteiger partial charge in [0, 0.05) is 11.3 Å². The molecule has 21 heavy (non-hydrogen) atoms. The molecule has 0 aliphatic heterocycles. The predicted molar refractivity (Wildman–Crippen MR) is 72.2 cm³/mol. The maximum atomic E-state index is 13.4. The first-order chi connectivity index (χ1) is 9.95. The van der Waals surface area contributed by atoms with E-state index in [-0.39, 0.29) is 17.0 Å². The van der Waals surface area contributed by atoms with Gasteiger partial charge in [-0.2, -0.15) is 8.78 Å². The Hall–Kier alpha value is -2.50. The predicted octanol–water partition coefficient (Wildman–Crippen LogP) is 3.99. The SMILES string of the molecule is Cc1ccc(NC(=O)c2cccc(OC(F)F)c2)cc1F. The standard InChI is InChI=1S/C15H12F3NO2/c1-9-5-6-11(8-13(9)16)19-14(20)10-3-2-4-12(7-10)21-15(17)18/h2-8,15H,1H3,(H,19,20). The second-order valence-corrected chi connectivity index (χ2v) is 4.32. The van der Waals surface area contributed by atoms with Crippen molar-refractivity contribution >= 4 is 11.6 Å². The summed E-state index contributed by atoms with van der Waals surface area (Å²) in [6.45, 7) is -1.36. The van der Waals surface area contributed by atoms with Gasteiger partial charge in [0.25, 0.3) is 5.91 Å². The van der Waals surface area contributed by atoms with Crippen molar-refractivity contribution in [2.75, 3.05) is 5.32 Å². The van der Waals surface area contributed by atoms with Gasteiger partial charge in [0.05, 0.1) is 0 Å². The number of rotatable bonds is 4. The maximum Gasteiger partial charge on any atom is 0.387 e. The minimum Gasteiger partial charge on any atom is -0.435 e. The molecule has 0 bridgehead atoms. The van der Waals surface area contributed by atoms with Gasteiger partial charge in [-0.1, -0.05) is 12.1 Å². The normalized spacial score (nSPS) is 10.5. The van der Waals surface area contributed by atoms with E-state index in [0.717, 1.165) is 0 Å². The van der Waals surface area contributed by atoms with E-state index < -0.39 is 18.3 Å². The number of carbonyl (C=O) groups excluding carboxylic acids is 1. The van der Waals surface area contributed by atoms with Crippen LogP contribution in [0.25, 0.3) is 0 Å². The first-order valence-electron chi connectivity index (χ1n) is 6.08. The number of hydrogen-bond donors (Lipinski definition) is 1. The fourth-order valence-corrected chi connectivity index (χ4v) is 1.69. The molecule has 0 spiro atoms. The second kappa shape index (κ2) is 6.30. The molecule has 0 fully saturated rings. The Labute approximate surface area is 119 Å². The summed E-state index contributed by atoms with van der Waals surface area (Å²) < 4.78 is 41.8. The highest BCUT2D eigenvalue weighted by atomic mass is 19.3. The topological polar surface area (TPSA) is 38.3 Å². The van der Waals surface area contributed by atoms with Crippen LogP contribution in [0.1, 0.15) is 15.9 Å². The third-order valence-electron chi connectivity index (χ3n) is 2.75. The van der Waals surface area contributed by atoms with Crippen molar-refractivity contribution in [1.82, 2.24) is 0 Å². The third kappa shape index (κ3) is 3.98. The molecule has 1 N–H and O–H groups in total. The number of amides is 1. The molecule has 0 aliphatic rings. The van der Waals surface area contributed by atoms with Gasteiger partial charge in [-0.15, -0.1) is 0 Å². The molecule has 1 amide bonds. The maximum absolute atomic E-state index is 13.4. The molecule has 0 aliphatic carbocycles. The fraction of sp³-hybridized carbons (Fsp3) is 0.133. The van der Waals surface area contributed by atoms with Crippen molar-refractivity contribution in [3.8, 4) is 5.75 Å². The fourth-order valence-electron chi connectivity index (χ4n) is 1.69. The van der Waals surface area contributed by atoms with Crippen LogP contribution in [0.4, 0.5) is 18.9 Å². The first-order valence-corrected chi connectivity index (χ1v) is 6.08. The van der Waals surface area contributed by atoms with Crippen molar-refractivity contribution in [2.45, 2.75) is 13.5 Å². The van der Waals surface area contributed by atoms with Gasteiger partial charge in [-0.05, 0) is 42.8 Å². The van der Waals surface area contributed by atoms with Crippen molar-refractivity contribution in [3.05, 3.63) is 59.4 Å². The lowest BCUT2D eigenvalue weighted by molar-refractivity contribution is -0.0498. The summed E-state index contributed by atoms with van der Waals surface area (Å²) >= 11 is 0. The summed E-state index contributed by atoms with van der Waals surface area (Å²) in [5, 5.41) is 2.48. The van der Waals surface area contributed by atoms with Crippen LogP contribution in [0.15, 0.2) is 42.5 Å². The quantitative estimate of drug-likeness (QED) is 0.926. The average Bonchev–Trinajstić information content (AvgIpc) is 2.42. The number of nitrogens with one attached hydrogen (secondary N) is 1. The summed E-state index contributed by atoms with van der Waals surface area (Å²) in [7, 11) is 0. The first kappa shape index (κ1) is 14.9. The Balaban J connectivity index is 2.14. The number of carbonyl (C=O) groups is 1. The molecular formula is C15H12F3NO2. The zero-order valence-corrected chi connectivity index (χ0v) is 11.1. The van der Waals surface area contributed by atoms with Gasteiger partial charge in [-0.25, -0.2) is 4.39 Å². The summed E-state index contributed by atoms with van der Waals surface area (Å²) in [4.78, 5) is 12.0. The molecule has 2 rings (SSSR count). The molecule has 0 radical (unpaired) electrons. The molecule has 0 unspecified atom stereocenters. The summed E-state index contributed by atoms with van der Waals surface area (Å²) in [6.07, 6.45) is 0. The Kier molecular flexibility index (Phi) is 4.47. The Bertz CT molecular complexity index is 659. The highest BCUT2D eigenvalue weighted by molar-refractivity contribution is 6.04. The minimum atomic E-state index is -2.96. The number of hydrogen-bond acceptors (Lipinski definition) is 2. The summed E-state index contributed by atoms with van der Waals surface area (Å²) in [5.74, 6) is -1.10. The van der Waals surface area contributed by atoms with Crippen LogP contribution in [0, 0.1) is 12.7 Å². The molecule has 0 aromatic heterocycles. The van der Waals surface area contributed by atoms with E-state index in [1.807, 2.05) is 0 Å². The van der Waals surface area contributed by atoms with Crippen molar-refractivity contribution < 1.29 is 22.7 Å². The van der Waals surface area contributed by atoms with Gasteiger partial charge in [-0.3, -0.25) is 4.79 Å². The Morgan fingerprint density at radius 1 is 1.19 bits per heavy atom.